The van der Waals surface area contributed by atoms with Crippen molar-refractivity contribution in [3.63, 3.8) is 0 Å². The SMILES string of the molecule is c1ccc(-c2ccc(N(c3ccc(-c4ccccc4)cc3)c3cc(-c4ccccc4)c4c(c3)oc3c5ccccc5c5ccccc5c34)cc2)cc1. The molecule has 0 N–H and O–H groups in total. The van der Waals surface area contributed by atoms with Crippen LogP contribution in [0.1, 0.15) is 0 Å². The molecule has 0 aliphatic carbocycles. The number of rotatable bonds is 6. The Labute approximate surface area is 302 Å². The molecule has 10 aromatic rings. The van der Waals surface area contributed by atoms with Gasteiger partial charge in [0.15, 0.2) is 0 Å². The Hall–Kier alpha value is -6.90. The summed E-state index contributed by atoms with van der Waals surface area (Å²) >= 11 is 0. The zero-order valence-electron chi connectivity index (χ0n) is 28.4. The van der Waals surface area contributed by atoms with Crippen LogP contribution in [0.15, 0.2) is 205 Å². The lowest BCUT2D eigenvalue weighted by molar-refractivity contribution is 0.673. The van der Waals surface area contributed by atoms with Gasteiger partial charge in [0.2, 0.25) is 0 Å². The van der Waals surface area contributed by atoms with E-state index in [1.165, 1.54) is 38.4 Å². The molecule has 0 bridgehead atoms. The van der Waals surface area contributed by atoms with Crippen molar-refractivity contribution < 1.29 is 4.42 Å². The first-order chi connectivity index (χ1) is 25.8. The minimum absolute atomic E-state index is 0.861. The molecule has 1 aromatic heterocycles. The molecule has 9 aromatic carbocycles. The summed E-state index contributed by atoms with van der Waals surface area (Å²) in [7, 11) is 0. The third-order valence-electron chi connectivity index (χ3n) is 10.2. The molecule has 244 valence electrons. The largest absolute Gasteiger partial charge is 0.455 e. The number of hydrogen-bond acceptors (Lipinski definition) is 2. The van der Waals surface area contributed by atoms with Gasteiger partial charge in [0.25, 0.3) is 0 Å². The van der Waals surface area contributed by atoms with Crippen molar-refractivity contribution in [2.75, 3.05) is 4.90 Å². The molecule has 0 amide bonds. The van der Waals surface area contributed by atoms with Crippen LogP contribution in [0.5, 0.6) is 0 Å². The molecular weight excluding hydrogens is 631 g/mol. The van der Waals surface area contributed by atoms with E-state index in [1.54, 1.807) is 0 Å². The molecule has 0 spiro atoms. The molecule has 0 saturated heterocycles. The molecule has 2 heteroatoms. The molecule has 0 aliphatic heterocycles. The van der Waals surface area contributed by atoms with Crippen molar-refractivity contribution >= 4 is 60.5 Å². The predicted octanol–water partition coefficient (Wildman–Crippen LogP) is 14.4. The fourth-order valence-electron chi connectivity index (χ4n) is 7.80. The van der Waals surface area contributed by atoms with E-state index in [1.807, 2.05) is 0 Å². The molecule has 0 aliphatic rings. The summed E-state index contributed by atoms with van der Waals surface area (Å²) < 4.78 is 7.03. The number of anilines is 3. The van der Waals surface area contributed by atoms with Crippen LogP contribution in [-0.2, 0) is 0 Å². The third kappa shape index (κ3) is 5.04. The van der Waals surface area contributed by atoms with Gasteiger partial charge >= 0.3 is 0 Å². The average molecular weight is 664 g/mol. The number of fused-ring (bicyclic) bond motifs is 8. The Morgan fingerprint density at radius 1 is 0.308 bits per heavy atom. The normalized spacial score (nSPS) is 11.5. The van der Waals surface area contributed by atoms with Gasteiger partial charge in [-0.3, -0.25) is 0 Å². The van der Waals surface area contributed by atoms with Crippen LogP contribution in [0.4, 0.5) is 17.1 Å². The number of nitrogens with zero attached hydrogens (tertiary/aromatic N) is 1. The van der Waals surface area contributed by atoms with E-state index in [0.29, 0.717) is 0 Å². The molecule has 0 atom stereocenters. The van der Waals surface area contributed by atoms with Gasteiger partial charge in [-0.15, -0.1) is 0 Å². The predicted molar refractivity (Wildman–Crippen MR) is 220 cm³/mol. The Balaban J connectivity index is 1.24. The van der Waals surface area contributed by atoms with E-state index in [-0.39, 0.29) is 0 Å². The van der Waals surface area contributed by atoms with Crippen LogP contribution in [-0.4, -0.2) is 0 Å². The summed E-state index contributed by atoms with van der Waals surface area (Å²) in [5.74, 6) is 0. The quantitative estimate of drug-likeness (QED) is 0.165. The smallest absolute Gasteiger partial charge is 0.143 e. The standard InChI is InChI=1S/C50H33NO/c1-4-14-34(15-5-1)36-24-28-39(29-25-36)51(40-30-26-37(27-31-40)35-16-6-2-7-17-35)41-32-46(38-18-8-3-9-19-38)48-47(33-41)52-50-45-23-13-11-21-43(45)42-20-10-12-22-44(42)49(48)50/h1-33H. The summed E-state index contributed by atoms with van der Waals surface area (Å²) in [4.78, 5) is 2.35. The molecule has 0 fully saturated rings. The van der Waals surface area contributed by atoms with E-state index in [2.05, 4.69) is 205 Å². The third-order valence-corrected chi connectivity index (χ3v) is 10.2. The Bertz CT molecular complexity index is 2770. The van der Waals surface area contributed by atoms with Crippen LogP contribution >= 0.6 is 0 Å². The minimum atomic E-state index is 0.861. The van der Waals surface area contributed by atoms with Crippen LogP contribution in [0.25, 0.3) is 76.9 Å². The molecular formula is C50H33NO. The summed E-state index contributed by atoms with van der Waals surface area (Å²) in [6.07, 6.45) is 0. The second-order valence-electron chi connectivity index (χ2n) is 13.3. The van der Waals surface area contributed by atoms with Crippen LogP contribution in [0.3, 0.4) is 0 Å². The van der Waals surface area contributed by atoms with E-state index in [4.69, 9.17) is 4.42 Å². The van der Waals surface area contributed by atoms with Gasteiger partial charge in [-0.25, -0.2) is 0 Å². The zero-order valence-corrected chi connectivity index (χ0v) is 28.4. The summed E-state index contributed by atoms with van der Waals surface area (Å²) in [6, 6.07) is 71.4. The molecule has 0 radical (unpaired) electrons. The van der Waals surface area contributed by atoms with Gasteiger partial charge in [-0.05, 0) is 79.9 Å². The van der Waals surface area contributed by atoms with Crippen molar-refractivity contribution in [3.8, 4) is 33.4 Å². The van der Waals surface area contributed by atoms with Gasteiger partial charge in [-0.1, -0.05) is 164 Å². The second-order valence-corrected chi connectivity index (χ2v) is 13.3. The topological polar surface area (TPSA) is 16.4 Å². The highest BCUT2D eigenvalue weighted by molar-refractivity contribution is 6.32. The van der Waals surface area contributed by atoms with E-state index >= 15 is 0 Å². The molecule has 10 rings (SSSR count). The van der Waals surface area contributed by atoms with Crippen molar-refractivity contribution in [1.82, 2.24) is 0 Å². The highest BCUT2D eigenvalue weighted by Gasteiger charge is 2.22. The lowest BCUT2D eigenvalue weighted by Gasteiger charge is -2.26. The Kier molecular flexibility index (Phi) is 7.18. The lowest BCUT2D eigenvalue weighted by Crippen LogP contribution is -2.10. The molecule has 0 unspecified atom stereocenters. The maximum atomic E-state index is 7.03. The van der Waals surface area contributed by atoms with Crippen LogP contribution in [0.2, 0.25) is 0 Å². The maximum absolute atomic E-state index is 7.03. The highest BCUT2D eigenvalue weighted by Crippen LogP contribution is 2.47. The summed E-state index contributed by atoms with van der Waals surface area (Å²) in [6.45, 7) is 0. The Morgan fingerprint density at radius 3 is 1.27 bits per heavy atom. The van der Waals surface area contributed by atoms with E-state index in [9.17, 15) is 0 Å². The fourth-order valence-corrected chi connectivity index (χ4v) is 7.80. The highest BCUT2D eigenvalue weighted by atomic mass is 16.3. The number of hydrogen-bond donors (Lipinski definition) is 0. The van der Waals surface area contributed by atoms with Crippen LogP contribution < -0.4 is 4.90 Å². The second kappa shape index (κ2) is 12.5. The molecule has 1 heterocycles. The maximum Gasteiger partial charge on any atom is 0.143 e. The molecule has 2 nitrogen and oxygen atoms in total. The lowest BCUT2D eigenvalue weighted by atomic mass is 9.93. The van der Waals surface area contributed by atoms with Crippen LogP contribution in [0, 0.1) is 0 Å². The number of benzene rings is 9. The summed E-state index contributed by atoms with van der Waals surface area (Å²) in [5, 5.41) is 7.04. The number of furan rings is 1. The van der Waals surface area contributed by atoms with Crippen molar-refractivity contribution in [2.45, 2.75) is 0 Å². The zero-order chi connectivity index (χ0) is 34.4. The van der Waals surface area contributed by atoms with E-state index in [0.717, 1.165) is 55.5 Å². The first-order valence-corrected chi connectivity index (χ1v) is 17.8. The van der Waals surface area contributed by atoms with Gasteiger partial charge in [0.1, 0.15) is 11.2 Å². The van der Waals surface area contributed by atoms with Gasteiger partial charge in [0.05, 0.1) is 5.69 Å². The van der Waals surface area contributed by atoms with Gasteiger partial charge in [-0.2, -0.15) is 0 Å². The molecule has 0 saturated carbocycles. The van der Waals surface area contributed by atoms with Gasteiger partial charge < -0.3 is 9.32 Å². The molecule has 52 heavy (non-hydrogen) atoms. The Morgan fingerprint density at radius 2 is 0.731 bits per heavy atom. The average Bonchev–Trinajstić information content (AvgIpc) is 3.62. The van der Waals surface area contributed by atoms with Crippen molar-refractivity contribution in [1.29, 1.82) is 0 Å². The minimum Gasteiger partial charge on any atom is -0.455 e. The monoisotopic (exact) mass is 663 g/mol. The fraction of sp³-hybridized carbons (Fsp3) is 0. The first kappa shape index (κ1) is 30.0. The summed E-state index contributed by atoms with van der Waals surface area (Å²) in [5.41, 5.74) is 12.0. The van der Waals surface area contributed by atoms with Crippen molar-refractivity contribution in [3.05, 3.63) is 200 Å². The van der Waals surface area contributed by atoms with Gasteiger partial charge in [0, 0.05) is 33.6 Å². The first-order valence-electron chi connectivity index (χ1n) is 17.8. The van der Waals surface area contributed by atoms with E-state index < -0.39 is 0 Å². The van der Waals surface area contributed by atoms with Crippen molar-refractivity contribution in [2.24, 2.45) is 0 Å².